The summed E-state index contributed by atoms with van der Waals surface area (Å²) in [7, 11) is 1.52. The van der Waals surface area contributed by atoms with E-state index in [-0.39, 0.29) is 5.75 Å². The third-order valence-electron chi connectivity index (χ3n) is 5.47. The zero-order valence-corrected chi connectivity index (χ0v) is 17.4. The van der Waals surface area contributed by atoms with E-state index >= 15 is 0 Å². The number of nitrogens with one attached hydrogen (secondary N) is 1. The Morgan fingerprint density at radius 1 is 0.933 bits per heavy atom. The monoisotopic (exact) mass is 411 g/mol. The van der Waals surface area contributed by atoms with Crippen LogP contribution in [0.3, 0.4) is 0 Å². The summed E-state index contributed by atoms with van der Waals surface area (Å²) in [5.41, 5.74) is 3.68. The molecule has 2 aliphatic rings. The molecule has 0 spiro atoms. The summed E-state index contributed by atoms with van der Waals surface area (Å²) in [6, 6.07) is 5.10. The first-order valence-electron chi connectivity index (χ1n) is 10.6. The van der Waals surface area contributed by atoms with E-state index in [1.54, 1.807) is 18.3 Å². The zero-order valence-electron chi connectivity index (χ0n) is 17.4. The first-order chi connectivity index (χ1) is 14.7. The van der Waals surface area contributed by atoms with Crippen LogP contribution >= 0.6 is 0 Å². The van der Waals surface area contributed by atoms with Crippen LogP contribution in [-0.2, 0) is 0 Å². The molecule has 30 heavy (non-hydrogen) atoms. The Morgan fingerprint density at radius 3 is 2.07 bits per heavy atom. The molecule has 0 unspecified atom stereocenters. The van der Waals surface area contributed by atoms with E-state index in [2.05, 4.69) is 30.3 Å². The number of methoxy groups -OCH3 is 1. The summed E-state index contributed by atoms with van der Waals surface area (Å²) >= 11 is 0. The fourth-order valence-electron chi connectivity index (χ4n) is 3.83. The highest BCUT2D eigenvalue weighted by Gasteiger charge is 2.20. The lowest BCUT2D eigenvalue weighted by Crippen LogP contribution is -2.34. The van der Waals surface area contributed by atoms with Gasteiger partial charge in [0.15, 0.2) is 11.5 Å². The van der Waals surface area contributed by atoms with Crippen molar-refractivity contribution in [3.05, 3.63) is 23.8 Å². The number of hydrazone groups is 1. The molecule has 9 nitrogen and oxygen atoms in total. The molecule has 4 rings (SSSR count). The van der Waals surface area contributed by atoms with E-state index in [0.29, 0.717) is 23.6 Å². The second-order valence-corrected chi connectivity index (χ2v) is 7.66. The molecule has 2 fully saturated rings. The first-order valence-corrected chi connectivity index (χ1v) is 10.6. The zero-order chi connectivity index (χ0) is 20.8. The van der Waals surface area contributed by atoms with Crippen LogP contribution in [0.25, 0.3) is 0 Å². The van der Waals surface area contributed by atoms with Gasteiger partial charge in [-0.3, -0.25) is 0 Å². The number of anilines is 3. The van der Waals surface area contributed by atoms with E-state index < -0.39 is 0 Å². The molecule has 160 valence electrons. The average Bonchev–Trinajstić information content (AvgIpc) is 2.80. The van der Waals surface area contributed by atoms with Crippen LogP contribution in [0, 0.1) is 0 Å². The van der Waals surface area contributed by atoms with E-state index in [4.69, 9.17) is 9.72 Å². The van der Waals surface area contributed by atoms with Crippen molar-refractivity contribution in [2.75, 3.05) is 48.5 Å². The Bertz CT molecular complexity index is 841. The molecule has 1 aromatic carbocycles. The minimum atomic E-state index is 0.0707. The normalized spacial score (nSPS) is 17.4. The molecular weight excluding hydrogens is 382 g/mol. The van der Waals surface area contributed by atoms with Gasteiger partial charge in [-0.2, -0.15) is 20.1 Å². The number of aromatic hydroxyl groups is 1. The molecule has 3 heterocycles. The maximum absolute atomic E-state index is 9.92. The van der Waals surface area contributed by atoms with Gasteiger partial charge in [0.2, 0.25) is 17.8 Å². The Labute approximate surface area is 176 Å². The van der Waals surface area contributed by atoms with Gasteiger partial charge in [-0.25, -0.2) is 5.43 Å². The second-order valence-electron chi connectivity index (χ2n) is 7.66. The van der Waals surface area contributed by atoms with E-state index in [1.165, 1.54) is 20.0 Å². The van der Waals surface area contributed by atoms with Crippen molar-refractivity contribution in [3.8, 4) is 11.5 Å². The predicted octanol–water partition coefficient (Wildman–Crippen LogP) is 3.01. The Kier molecular flexibility index (Phi) is 6.46. The van der Waals surface area contributed by atoms with Gasteiger partial charge in [-0.15, -0.1) is 0 Å². The van der Waals surface area contributed by atoms with Crippen molar-refractivity contribution < 1.29 is 9.84 Å². The lowest BCUT2D eigenvalue weighted by Gasteiger charge is -2.30. The van der Waals surface area contributed by atoms with E-state index in [9.17, 15) is 5.11 Å². The van der Waals surface area contributed by atoms with Gasteiger partial charge in [0.05, 0.1) is 13.3 Å². The van der Waals surface area contributed by atoms with Crippen LogP contribution in [0.4, 0.5) is 17.8 Å². The summed E-state index contributed by atoms with van der Waals surface area (Å²) in [5, 5.41) is 14.2. The molecule has 0 atom stereocenters. The van der Waals surface area contributed by atoms with Crippen LogP contribution < -0.4 is 20.0 Å². The van der Waals surface area contributed by atoms with Crippen LogP contribution in [-0.4, -0.2) is 59.6 Å². The number of nitrogens with zero attached hydrogens (tertiary/aromatic N) is 6. The number of phenols is 1. The van der Waals surface area contributed by atoms with Crippen LogP contribution in [0.15, 0.2) is 23.3 Å². The van der Waals surface area contributed by atoms with Gasteiger partial charge >= 0.3 is 0 Å². The highest BCUT2D eigenvalue weighted by Crippen LogP contribution is 2.26. The molecule has 2 aromatic rings. The molecule has 0 radical (unpaired) electrons. The molecule has 0 aliphatic carbocycles. The number of hydrogen-bond donors (Lipinski definition) is 2. The fraction of sp³-hybridized carbons (Fsp3) is 0.524. The quantitative estimate of drug-likeness (QED) is 0.553. The first kappa shape index (κ1) is 20.2. The molecule has 2 N–H and O–H groups in total. The van der Waals surface area contributed by atoms with E-state index in [1.807, 2.05) is 6.07 Å². The van der Waals surface area contributed by atoms with Gasteiger partial charge in [0.1, 0.15) is 0 Å². The summed E-state index contributed by atoms with van der Waals surface area (Å²) in [6.07, 6.45) is 8.76. The smallest absolute Gasteiger partial charge is 0.250 e. The van der Waals surface area contributed by atoms with Crippen molar-refractivity contribution in [1.82, 2.24) is 15.0 Å². The molecule has 9 heteroatoms. The molecule has 0 saturated carbocycles. The summed E-state index contributed by atoms with van der Waals surface area (Å²) in [4.78, 5) is 18.5. The van der Waals surface area contributed by atoms with Gasteiger partial charge < -0.3 is 19.6 Å². The number of benzene rings is 1. The largest absolute Gasteiger partial charge is 0.504 e. The SMILES string of the molecule is COc1ccc(/C=N\Nc2nc(N3CCCCC3)nc(N3CCCCC3)n2)cc1O. The van der Waals surface area contributed by atoms with E-state index in [0.717, 1.165) is 57.4 Å². The standard InChI is InChI=1S/C21H29N7O2/c1-30-18-9-8-16(14-17(18)29)15-22-26-19-23-20(27-10-4-2-5-11-27)25-21(24-19)28-12-6-3-7-13-28/h8-9,14-15,29H,2-7,10-13H2,1H3,(H,23,24,25,26)/b22-15-. The van der Waals surface area contributed by atoms with Crippen LogP contribution in [0.1, 0.15) is 44.1 Å². The number of hydrogen-bond acceptors (Lipinski definition) is 9. The molecule has 0 amide bonds. The average molecular weight is 412 g/mol. The van der Waals surface area contributed by atoms with Crippen molar-refractivity contribution >= 4 is 24.1 Å². The molecular formula is C21H29N7O2. The van der Waals surface area contributed by atoms with Crippen LogP contribution in [0.5, 0.6) is 11.5 Å². The van der Waals surface area contributed by atoms with Crippen molar-refractivity contribution in [1.29, 1.82) is 0 Å². The third-order valence-corrected chi connectivity index (χ3v) is 5.47. The van der Waals surface area contributed by atoms with Crippen molar-refractivity contribution in [2.24, 2.45) is 5.10 Å². The highest BCUT2D eigenvalue weighted by molar-refractivity contribution is 5.81. The fourth-order valence-corrected chi connectivity index (χ4v) is 3.83. The van der Waals surface area contributed by atoms with Gasteiger partial charge in [-0.1, -0.05) is 0 Å². The maximum Gasteiger partial charge on any atom is 0.250 e. The van der Waals surface area contributed by atoms with Gasteiger partial charge in [-0.05, 0) is 62.3 Å². The Balaban J connectivity index is 1.53. The Hall–Kier alpha value is -3.10. The number of aromatic nitrogens is 3. The van der Waals surface area contributed by atoms with Crippen LogP contribution in [0.2, 0.25) is 0 Å². The molecule has 2 saturated heterocycles. The highest BCUT2D eigenvalue weighted by atomic mass is 16.5. The minimum Gasteiger partial charge on any atom is -0.504 e. The lowest BCUT2D eigenvalue weighted by molar-refractivity contribution is 0.373. The second kappa shape index (κ2) is 9.60. The topological polar surface area (TPSA) is 99.0 Å². The maximum atomic E-state index is 9.92. The summed E-state index contributed by atoms with van der Waals surface area (Å²) in [6.45, 7) is 3.88. The number of piperidine rings is 2. The summed E-state index contributed by atoms with van der Waals surface area (Å²) in [5.74, 6) is 2.35. The minimum absolute atomic E-state index is 0.0707. The molecule has 0 bridgehead atoms. The number of rotatable bonds is 6. The summed E-state index contributed by atoms with van der Waals surface area (Å²) < 4.78 is 5.07. The number of phenolic OH excluding ortho intramolecular Hbond substituents is 1. The lowest BCUT2D eigenvalue weighted by atomic mass is 10.1. The third kappa shape index (κ3) is 4.90. The number of ether oxygens (including phenoxy) is 1. The Morgan fingerprint density at radius 2 is 1.53 bits per heavy atom. The molecule has 2 aliphatic heterocycles. The van der Waals surface area contributed by atoms with Crippen molar-refractivity contribution in [3.63, 3.8) is 0 Å². The molecule has 1 aromatic heterocycles. The van der Waals surface area contributed by atoms with Gasteiger partial charge in [0, 0.05) is 26.2 Å². The van der Waals surface area contributed by atoms with Gasteiger partial charge in [0.25, 0.3) is 0 Å². The van der Waals surface area contributed by atoms with Crippen molar-refractivity contribution in [2.45, 2.75) is 38.5 Å². The predicted molar refractivity (Wildman–Crippen MR) is 118 cm³/mol.